The van der Waals surface area contributed by atoms with Crippen molar-refractivity contribution in [3.05, 3.63) is 64.9 Å². The van der Waals surface area contributed by atoms with E-state index in [9.17, 15) is 22.0 Å². The molecule has 4 rings (SSSR count). The van der Waals surface area contributed by atoms with Crippen molar-refractivity contribution in [3.8, 4) is 0 Å². The van der Waals surface area contributed by atoms with E-state index in [1.807, 2.05) is 0 Å². The Hall–Kier alpha value is -2.44. The average molecular weight is 408 g/mol. The minimum atomic E-state index is -4.35. The van der Waals surface area contributed by atoms with Crippen LogP contribution in [0.4, 0.5) is 27.8 Å². The van der Waals surface area contributed by atoms with Gasteiger partial charge in [0.25, 0.3) is 0 Å². The van der Waals surface area contributed by atoms with Gasteiger partial charge in [-0.1, -0.05) is 12.5 Å². The zero-order valence-corrected chi connectivity index (χ0v) is 15.7. The normalized spacial score (nSPS) is 22.0. The molecule has 2 nitrogen and oxygen atoms in total. The molecule has 0 bridgehead atoms. The van der Waals surface area contributed by atoms with E-state index in [-0.39, 0.29) is 24.4 Å². The summed E-state index contributed by atoms with van der Waals surface area (Å²) in [6, 6.07) is 6.77. The van der Waals surface area contributed by atoms with Gasteiger partial charge in [-0.3, -0.25) is 0 Å². The Morgan fingerprint density at radius 1 is 0.966 bits per heavy atom. The summed E-state index contributed by atoms with van der Waals surface area (Å²) in [4.78, 5) is 4.17. The molecule has 0 spiro atoms. The first-order chi connectivity index (χ1) is 13.8. The molecule has 0 amide bonds. The highest BCUT2D eigenvalue weighted by molar-refractivity contribution is 5.71. The summed E-state index contributed by atoms with van der Waals surface area (Å²) in [5.41, 5.74) is 0.252. The molecular weight excluding hydrogens is 387 g/mol. The molecule has 2 aromatic rings. The van der Waals surface area contributed by atoms with Crippen LogP contribution >= 0.6 is 0 Å². The lowest BCUT2D eigenvalue weighted by molar-refractivity contribution is -0.0962. The van der Waals surface area contributed by atoms with Gasteiger partial charge >= 0.3 is 6.18 Å². The summed E-state index contributed by atoms with van der Waals surface area (Å²) in [5.74, 6) is -0.553. The minimum Gasteiger partial charge on any atom is -0.366 e. The maximum Gasteiger partial charge on any atom is 0.412 e. The molecule has 0 aliphatic heterocycles. The Labute approximate surface area is 165 Å². The highest BCUT2D eigenvalue weighted by Crippen LogP contribution is 2.51. The highest BCUT2D eigenvalue weighted by Gasteiger charge is 2.43. The van der Waals surface area contributed by atoms with E-state index in [1.165, 1.54) is 24.4 Å². The lowest BCUT2D eigenvalue weighted by Crippen LogP contribution is -2.24. The van der Waals surface area contributed by atoms with Crippen LogP contribution in [-0.4, -0.2) is 11.2 Å². The third kappa shape index (κ3) is 4.14. The fraction of sp³-hybridized carbons (Fsp3) is 0.409. The number of nitrogens with zero attached hydrogens (tertiary/aromatic N) is 1. The van der Waals surface area contributed by atoms with E-state index in [4.69, 9.17) is 0 Å². The molecule has 29 heavy (non-hydrogen) atoms. The Morgan fingerprint density at radius 2 is 1.66 bits per heavy atom. The SMILES string of the molecule is Fc1cccc(F)c1CNc1ccc(C2=C(C(F)(F)F)CC3CCCC3C2)cn1. The van der Waals surface area contributed by atoms with Crippen LogP contribution < -0.4 is 5.32 Å². The number of benzene rings is 1. The number of alkyl halides is 3. The lowest BCUT2D eigenvalue weighted by Gasteiger charge is -2.31. The van der Waals surface area contributed by atoms with Crippen LogP contribution in [0.3, 0.4) is 0 Å². The second-order valence-electron chi connectivity index (χ2n) is 7.80. The van der Waals surface area contributed by atoms with Gasteiger partial charge in [0.05, 0.1) is 0 Å². The molecule has 1 heterocycles. The molecule has 1 N–H and O–H groups in total. The van der Waals surface area contributed by atoms with Crippen molar-refractivity contribution in [2.24, 2.45) is 11.8 Å². The molecule has 2 unspecified atom stereocenters. The van der Waals surface area contributed by atoms with Crippen molar-refractivity contribution >= 4 is 11.4 Å². The third-order valence-corrected chi connectivity index (χ3v) is 6.08. The van der Waals surface area contributed by atoms with Crippen LogP contribution in [0, 0.1) is 23.5 Å². The van der Waals surface area contributed by atoms with Crippen molar-refractivity contribution in [3.63, 3.8) is 0 Å². The predicted molar refractivity (Wildman–Crippen MR) is 101 cm³/mol. The zero-order valence-electron chi connectivity index (χ0n) is 15.7. The van der Waals surface area contributed by atoms with E-state index in [0.29, 0.717) is 29.3 Å². The number of fused-ring (bicyclic) bond motifs is 1. The quantitative estimate of drug-likeness (QED) is 0.584. The zero-order chi connectivity index (χ0) is 20.6. The average Bonchev–Trinajstić information content (AvgIpc) is 3.14. The maximum atomic E-state index is 13.7. The largest absolute Gasteiger partial charge is 0.412 e. The first-order valence-electron chi connectivity index (χ1n) is 9.75. The standard InChI is InChI=1S/C22H21F5N2/c23-19-5-2-6-20(24)17(19)12-29-21-8-7-15(11-28-21)16-9-13-3-1-4-14(13)10-18(16)22(25,26)27/h2,5-8,11,13-14H,1,3-4,9-10,12H2,(H,28,29). The van der Waals surface area contributed by atoms with Crippen LogP contribution in [0.15, 0.2) is 42.1 Å². The van der Waals surface area contributed by atoms with Crippen molar-refractivity contribution in [1.29, 1.82) is 0 Å². The number of allylic oxidation sites excluding steroid dienone is 2. The molecule has 2 aliphatic carbocycles. The molecular formula is C22H21F5N2. The molecule has 1 aromatic carbocycles. The summed E-state index contributed by atoms with van der Waals surface area (Å²) in [5, 5.41) is 2.82. The van der Waals surface area contributed by atoms with Crippen LogP contribution in [0.1, 0.15) is 43.2 Å². The Balaban J connectivity index is 1.54. The number of halogens is 5. The molecule has 1 fully saturated rings. The Morgan fingerprint density at radius 3 is 2.28 bits per heavy atom. The maximum absolute atomic E-state index is 13.7. The first-order valence-corrected chi connectivity index (χ1v) is 9.75. The number of rotatable bonds is 4. The van der Waals surface area contributed by atoms with Crippen LogP contribution in [0.2, 0.25) is 0 Å². The smallest absolute Gasteiger partial charge is 0.366 e. The van der Waals surface area contributed by atoms with Crippen molar-refractivity contribution in [2.75, 3.05) is 5.32 Å². The molecule has 2 aliphatic rings. The van der Waals surface area contributed by atoms with Crippen molar-refractivity contribution in [2.45, 2.75) is 44.8 Å². The molecule has 154 valence electrons. The fourth-order valence-corrected chi connectivity index (χ4v) is 4.56. The van der Waals surface area contributed by atoms with E-state index in [0.717, 1.165) is 19.3 Å². The summed E-state index contributed by atoms with van der Waals surface area (Å²) >= 11 is 0. The summed E-state index contributed by atoms with van der Waals surface area (Å²) < 4.78 is 68.3. The first kappa shape index (κ1) is 19.9. The summed E-state index contributed by atoms with van der Waals surface area (Å²) in [6.45, 7) is -0.106. The van der Waals surface area contributed by atoms with E-state index in [1.54, 1.807) is 12.1 Å². The van der Waals surface area contributed by atoms with Gasteiger partial charge in [0.1, 0.15) is 17.5 Å². The number of pyridine rings is 1. The van der Waals surface area contributed by atoms with Gasteiger partial charge in [0.15, 0.2) is 0 Å². The minimum absolute atomic E-state index is 0.0794. The number of hydrogen-bond donors (Lipinski definition) is 1. The molecule has 1 aromatic heterocycles. The summed E-state index contributed by atoms with van der Waals surface area (Å²) in [6.07, 6.45) is 0.399. The van der Waals surface area contributed by atoms with Crippen LogP contribution in [0.5, 0.6) is 0 Å². The van der Waals surface area contributed by atoms with Gasteiger partial charge in [-0.05, 0) is 72.9 Å². The number of nitrogens with one attached hydrogen (secondary N) is 1. The number of aromatic nitrogens is 1. The monoisotopic (exact) mass is 408 g/mol. The molecule has 0 saturated heterocycles. The van der Waals surface area contributed by atoms with Gasteiger partial charge in [-0.2, -0.15) is 13.2 Å². The van der Waals surface area contributed by atoms with Gasteiger partial charge in [0, 0.05) is 23.9 Å². The summed E-state index contributed by atoms with van der Waals surface area (Å²) in [7, 11) is 0. The van der Waals surface area contributed by atoms with Crippen molar-refractivity contribution < 1.29 is 22.0 Å². The van der Waals surface area contributed by atoms with Gasteiger partial charge in [-0.15, -0.1) is 0 Å². The van der Waals surface area contributed by atoms with Gasteiger partial charge < -0.3 is 5.32 Å². The van der Waals surface area contributed by atoms with Crippen LogP contribution in [0.25, 0.3) is 5.57 Å². The molecule has 1 saturated carbocycles. The molecule has 0 radical (unpaired) electrons. The lowest BCUT2D eigenvalue weighted by atomic mass is 9.76. The number of hydrogen-bond acceptors (Lipinski definition) is 2. The molecule has 2 atom stereocenters. The fourth-order valence-electron chi connectivity index (χ4n) is 4.56. The van der Waals surface area contributed by atoms with Crippen molar-refractivity contribution in [1.82, 2.24) is 4.98 Å². The second kappa shape index (κ2) is 7.76. The highest BCUT2D eigenvalue weighted by atomic mass is 19.4. The molecule has 7 heteroatoms. The van der Waals surface area contributed by atoms with E-state index >= 15 is 0 Å². The number of anilines is 1. The Kier molecular flexibility index (Phi) is 5.32. The predicted octanol–water partition coefficient (Wildman–Crippen LogP) is 6.50. The third-order valence-electron chi connectivity index (χ3n) is 6.08. The second-order valence-corrected chi connectivity index (χ2v) is 7.80. The Bertz CT molecular complexity index is 898. The van der Waals surface area contributed by atoms with Gasteiger partial charge in [0.2, 0.25) is 0 Å². The topological polar surface area (TPSA) is 24.9 Å². The van der Waals surface area contributed by atoms with E-state index < -0.39 is 23.4 Å². The van der Waals surface area contributed by atoms with Crippen LogP contribution in [-0.2, 0) is 6.54 Å². The van der Waals surface area contributed by atoms with Gasteiger partial charge in [-0.25, -0.2) is 13.8 Å². The van der Waals surface area contributed by atoms with E-state index in [2.05, 4.69) is 10.3 Å².